The molecule has 1 aromatic heterocycles. The van der Waals surface area contributed by atoms with Gasteiger partial charge in [-0.2, -0.15) is 0 Å². The Morgan fingerprint density at radius 1 is 1.30 bits per heavy atom. The van der Waals surface area contributed by atoms with E-state index in [1.807, 2.05) is 0 Å². The van der Waals surface area contributed by atoms with Crippen LogP contribution in [0.4, 0.5) is 5.69 Å². The lowest BCUT2D eigenvalue weighted by molar-refractivity contribution is -0.384. The largest absolute Gasteiger partial charge is 0.493 e. The molecule has 0 spiro atoms. The van der Waals surface area contributed by atoms with Crippen molar-refractivity contribution in [2.45, 2.75) is 19.7 Å². The summed E-state index contributed by atoms with van der Waals surface area (Å²) in [6, 6.07) is 9.39. The van der Waals surface area contributed by atoms with Crippen molar-refractivity contribution in [2.24, 2.45) is 0 Å². The number of nitrogens with zero attached hydrogens (tertiary/aromatic N) is 2. The highest BCUT2D eigenvalue weighted by molar-refractivity contribution is 5.35. The van der Waals surface area contributed by atoms with Gasteiger partial charge in [-0.25, -0.2) is 0 Å². The van der Waals surface area contributed by atoms with Crippen LogP contribution in [0.25, 0.3) is 0 Å². The van der Waals surface area contributed by atoms with Gasteiger partial charge in [0.25, 0.3) is 5.69 Å². The van der Waals surface area contributed by atoms with Crippen LogP contribution in [0.1, 0.15) is 20.9 Å². The third kappa shape index (κ3) is 3.78. The Balaban J connectivity index is 1.87. The van der Waals surface area contributed by atoms with Crippen molar-refractivity contribution in [3.63, 3.8) is 0 Å². The van der Waals surface area contributed by atoms with Crippen LogP contribution in [0, 0.1) is 10.1 Å². The fraction of sp³-hybridized carbons (Fsp3) is 0.267. The van der Waals surface area contributed by atoms with E-state index in [0.717, 1.165) is 5.69 Å². The molecule has 2 rings (SSSR count). The molecule has 0 aliphatic rings. The van der Waals surface area contributed by atoms with Crippen molar-refractivity contribution >= 4 is 5.69 Å². The predicted molar refractivity (Wildman–Crippen MR) is 75.9 cm³/mol. The second-order valence-electron chi connectivity index (χ2n) is 4.14. The average Bonchev–Trinajstić information content (AvgIpc) is 2.47. The number of benzene rings is 1. The number of pyridine rings is 1. The van der Waals surface area contributed by atoms with Crippen LogP contribution in [-0.2, 0) is 12.8 Å². The summed E-state index contributed by atoms with van der Waals surface area (Å²) in [5.74, 6) is 0.562. The normalized spacial score (nSPS) is 12.4. The molecule has 0 amide bonds. The molecule has 0 fully saturated rings. The van der Waals surface area contributed by atoms with Gasteiger partial charge >= 0.3 is 0 Å². The SMILES string of the molecule is [2H]C([2H])(C)c1ccc(CCOc2ccc([N+](=O)[O-])cc2)nc1. The number of hydrogen-bond acceptors (Lipinski definition) is 4. The third-order valence-corrected chi connectivity index (χ3v) is 2.79. The molecule has 5 heteroatoms. The zero-order valence-electron chi connectivity index (χ0n) is 13.1. The van der Waals surface area contributed by atoms with Gasteiger partial charge in [-0.1, -0.05) is 13.0 Å². The fourth-order valence-corrected chi connectivity index (χ4v) is 1.66. The molecule has 0 bridgehead atoms. The van der Waals surface area contributed by atoms with Crippen molar-refractivity contribution < 1.29 is 12.4 Å². The van der Waals surface area contributed by atoms with Gasteiger partial charge < -0.3 is 4.74 Å². The Labute approximate surface area is 120 Å². The van der Waals surface area contributed by atoms with Crippen LogP contribution in [0.2, 0.25) is 0 Å². The minimum Gasteiger partial charge on any atom is -0.493 e. The van der Waals surface area contributed by atoms with Crippen LogP contribution >= 0.6 is 0 Å². The van der Waals surface area contributed by atoms with Gasteiger partial charge in [0, 0.05) is 33.2 Å². The monoisotopic (exact) mass is 274 g/mol. The first-order valence-electron chi connectivity index (χ1n) is 7.19. The summed E-state index contributed by atoms with van der Waals surface area (Å²) in [5, 5.41) is 10.5. The number of nitro groups is 1. The van der Waals surface area contributed by atoms with Crippen LogP contribution in [-0.4, -0.2) is 16.5 Å². The molecule has 0 atom stereocenters. The maximum atomic E-state index is 10.5. The highest BCUT2D eigenvalue weighted by Gasteiger charge is 2.04. The van der Waals surface area contributed by atoms with E-state index in [2.05, 4.69) is 4.98 Å². The van der Waals surface area contributed by atoms with Gasteiger partial charge in [0.05, 0.1) is 11.5 Å². The number of aromatic nitrogens is 1. The van der Waals surface area contributed by atoms with Crippen molar-refractivity contribution in [1.82, 2.24) is 4.98 Å². The number of ether oxygens (including phenoxy) is 1. The maximum absolute atomic E-state index is 10.5. The molecule has 0 N–H and O–H groups in total. The molecule has 0 saturated heterocycles. The van der Waals surface area contributed by atoms with Crippen molar-refractivity contribution in [2.75, 3.05) is 6.61 Å². The second-order valence-corrected chi connectivity index (χ2v) is 4.14. The molecule has 0 saturated carbocycles. The lowest BCUT2D eigenvalue weighted by Crippen LogP contribution is -2.03. The Kier molecular flexibility index (Phi) is 3.79. The number of hydrogen-bond donors (Lipinski definition) is 0. The van der Waals surface area contributed by atoms with E-state index in [1.165, 1.54) is 25.3 Å². The topological polar surface area (TPSA) is 65.3 Å². The third-order valence-electron chi connectivity index (χ3n) is 2.79. The molecule has 1 aromatic carbocycles. The molecule has 0 unspecified atom stereocenters. The molecule has 5 nitrogen and oxygen atoms in total. The molecule has 0 radical (unpaired) electrons. The van der Waals surface area contributed by atoms with Gasteiger partial charge in [0.2, 0.25) is 0 Å². The number of non-ortho nitro benzene ring substituents is 1. The van der Waals surface area contributed by atoms with E-state index in [1.54, 1.807) is 24.3 Å². The van der Waals surface area contributed by atoms with Gasteiger partial charge in [0.1, 0.15) is 5.75 Å². The summed E-state index contributed by atoms with van der Waals surface area (Å²) < 4.78 is 20.7. The highest BCUT2D eigenvalue weighted by Crippen LogP contribution is 2.17. The second kappa shape index (κ2) is 6.65. The zero-order chi connectivity index (χ0) is 16.2. The van der Waals surface area contributed by atoms with Gasteiger partial charge in [-0.15, -0.1) is 0 Å². The summed E-state index contributed by atoms with van der Waals surface area (Å²) in [7, 11) is 0. The van der Waals surface area contributed by atoms with E-state index >= 15 is 0 Å². The zero-order valence-corrected chi connectivity index (χ0v) is 11.1. The Hall–Kier alpha value is -2.43. The molecule has 1 heterocycles. The predicted octanol–water partition coefficient (Wildman–Crippen LogP) is 3.17. The highest BCUT2D eigenvalue weighted by atomic mass is 16.6. The minimum atomic E-state index is -1.40. The van der Waals surface area contributed by atoms with E-state index < -0.39 is 11.3 Å². The van der Waals surface area contributed by atoms with E-state index in [-0.39, 0.29) is 5.69 Å². The number of rotatable bonds is 6. The van der Waals surface area contributed by atoms with Crippen molar-refractivity contribution in [3.05, 3.63) is 64.0 Å². The van der Waals surface area contributed by atoms with E-state index in [4.69, 9.17) is 7.48 Å². The molecular weight excluding hydrogens is 256 g/mol. The first-order valence-corrected chi connectivity index (χ1v) is 6.19. The molecule has 0 aliphatic heterocycles. The van der Waals surface area contributed by atoms with Gasteiger partial charge in [-0.3, -0.25) is 15.1 Å². The van der Waals surface area contributed by atoms with Crippen molar-refractivity contribution in [3.8, 4) is 5.75 Å². The molecule has 20 heavy (non-hydrogen) atoms. The Morgan fingerprint density at radius 2 is 2.05 bits per heavy atom. The van der Waals surface area contributed by atoms with Crippen LogP contribution in [0.5, 0.6) is 5.75 Å². The Morgan fingerprint density at radius 3 is 2.60 bits per heavy atom. The fourth-order valence-electron chi connectivity index (χ4n) is 1.66. The average molecular weight is 274 g/mol. The molecule has 2 aromatic rings. The van der Waals surface area contributed by atoms with Gasteiger partial charge in [-0.05, 0) is 30.1 Å². The summed E-state index contributed by atoms with van der Waals surface area (Å²) in [5.41, 5.74) is 1.36. The Bertz CT molecular complexity index is 637. The van der Waals surface area contributed by atoms with Crippen molar-refractivity contribution in [1.29, 1.82) is 0 Å². The molecule has 0 aliphatic carbocycles. The smallest absolute Gasteiger partial charge is 0.269 e. The van der Waals surface area contributed by atoms with E-state index in [0.29, 0.717) is 24.3 Å². The maximum Gasteiger partial charge on any atom is 0.269 e. The first kappa shape index (κ1) is 11.4. The van der Waals surface area contributed by atoms with Crippen LogP contribution < -0.4 is 4.74 Å². The lowest BCUT2D eigenvalue weighted by atomic mass is 10.2. The summed E-state index contributed by atoms with van der Waals surface area (Å²) in [6.45, 7) is 1.88. The lowest BCUT2D eigenvalue weighted by Gasteiger charge is -2.06. The molecule has 104 valence electrons. The number of aryl methyl sites for hydroxylation is 1. The quantitative estimate of drug-likeness (QED) is 0.599. The standard InChI is InChI=1S/C15H16N2O3/c1-2-12-3-4-13(16-11-12)9-10-20-15-7-5-14(6-8-15)17(18)19/h3-8,11H,2,9-10H2,1H3/i2D2. The summed E-state index contributed by atoms with van der Waals surface area (Å²) in [6.07, 6.45) is 0.700. The van der Waals surface area contributed by atoms with E-state index in [9.17, 15) is 10.1 Å². The first-order chi connectivity index (χ1) is 10.4. The summed E-state index contributed by atoms with van der Waals surface area (Å²) >= 11 is 0. The molecular formula is C15H16N2O3. The summed E-state index contributed by atoms with van der Waals surface area (Å²) in [4.78, 5) is 14.3. The van der Waals surface area contributed by atoms with Crippen LogP contribution in [0.15, 0.2) is 42.6 Å². The van der Waals surface area contributed by atoms with Crippen LogP contribution in [0.3, 0.4) is 0 Å². The van der Waals surface area contributed by atoms with Gasteiger partial charge in [0.15, 0.2) is 0 Å². The minimum absolute atomic E-state index is 0.0263. The number of nitro benzene ring substituents is 1.